The molecule has 0 heterocycles. The van der Waals surface area contributed by atoms with Gasteiger partial charge in [-0.3, -0.25) is 4.79 Å². The van der Waals surface area contributed by atoms with Gasteiger partial charge in [-0.15, -0.1) is 0 Å². The van der Waals surface area contributed by atoms with Crippen LogP contribution in [0.4, 0.5) is 5.69 Å². The van der Waals surface area contributed by atoms with Crippen LogP contribution in [0.3, 0.4) is 0 Å². The zero-order chi connectivity index (χ0) is 11.1. The molecule has 0 spiro atoms. The van der Waals surface area contributed by atoms with Gasteiger partial charge in [0, 0.05) is 25.2 Å². The summed E-state index contributed by atoms with van der Waals surface area (Å²) < 4.78 is 0. The van der Waals surface area contributed by atoms with Crippen molar-refractivity contribution in [2.75, 3.05) is 11.9 Å². The van der Waals surface area contributed by atoms with Crippen LogP contribution in [0.2, 0.25) is 0 Å². The van der Waals surface area contributed by atoms with E-state index >= 15 is 0 Å². The molecule has 82 valence electrons. The molecule has 2 N–H and O–H groups in total. The van der Waals surface area contributed by atoms with E-state index in [0.717, 1.165) is 17.8 Å². The third-order valence-electron chi connectivity index (χ3n) is 2.15. The summed E-state index contributed by atoms with van der Waals surface area (Å²) in [6, 6.07) is 8.09. The molecule has 0 atom stereocenters. The zero-order valence-electron chi connectivity index (χ0n) is 9.34. The summed E-state index contributed by atoms with van der Waals surface area (Å²) in [7, 11) is 0. The van der Waals surface area contributed by atoms with Crippen molar-refractivity contribution in [2.45, 2.75) is 26.8 Å². The molecule has 3 heteroatoms. The van der Waals surface area contributed by atoms with Crippen LogP contribution < -0.4 is 10.6 Å². The number of carbonyl (C=O) groups excluding carboxylic acids is 1. The van der Waals surface area contributed by atoms with Crippen molar-refractivity contribution in [1.29, 1.82) is 0 Å². The van der Waals surface area contributed by atoms with E-state index in [1.165, 1.54) is 0 Å². The molecule has 3 nitrogen and oxygen atoms in total. The molecule has 1 aromatic rings. The lowest BCUT2D eigenvalue weighted by Crippen LogP contribution is -2.21. The number of hydrogen-bond acceptors (Lipinski definition) is 2. The molecular formula is C12H18N2O. The van der Waals surface area contributed by atoms with E-state index < -0.39 is 0 Å². The molecule has 0 saturated carbocycles. The van der Waals surface area contributed by atoms with Gasteiger partial charge in [0.05, 0.1) is 0 Å². The largest absolute Gasteiger partial charge is 0.385 e. The van der Waals surface area contributed by atoms with Gasteiger partial charge < -0.3 is 10.6 Å². The predicted octanol–water partition coefficient (Wildman–Crippen LogP) is 2.14. The van der Waals surface area contributed by atoms with Gasteiger partial charge in [0.2, 0.25) is 5.91 Å². The molecule has 1 rings (SSSR count). The van der Waals surface area contributed by atoms with Crippen LogP contribution in [0.15, 0.2) is 24.3 Å². The Labute approximate surface area is 90.9 Å². The van der Waals surface area contributed by atoms with Gasteiger partial charge in [-0.1, -0.05) is 19.1 Å². The summed E-state index contributed by atoms with van der Waals surface area (Å²) in [6.07, 6.45) is 0.537. The number of hydrogen-bond donors (Lipinski definition) is 2. The minimum atomic E-state index is 0.0887. The van der Waals surface area contributed by atoms with Crippen molar-refractivity contribution in [3.8, 4) is 0 Å². The molecule has 0 aliphatic heterocycles. The Morgan fingerprint density at radius 1 is 1.20 bits per heavy atom. The highest BCUT2D eigenvalue weighted by atomic mass is 16.1. The first-order valence-electron chi connectivity index (χ1n) is 5.35. The van der Waals surface area contributed by atoms with Crippen LogP contribution in [0, 0.1) is 0 Å². The maximum atomic E-state index is 11.0. The Bertz CT molecular complexity index is 306. The third-order valence-corrected chi connectivity index (χ3v) is 2.15. The topological polar surface area (TPSA) is 41.1 Å². The van der Waals surface area contributed by atoms with E-state index in [1.54, 1.807) is 0 Å². The summed E-state index contributed by atoms with van der Waals surface area (Å²) in [4.78, 5) is 11.0. The molecule has 0 unspecified atom stereocenters. The molecular weight excluding hydrogens is 188 g/mol. The summed E-state index contributed by atoms with van der Waals surface area (Å²) in [5, 5.41) is 6.06. The fraction of sp³-hybridized carbons (Fsp3) is 0.417. The van der Waals surface area contributed by atoms with Crippen molar-refractivity contribution in [3.05, 3.63) is 29.8 Å². The second-order valence-electron chi connectivity index (χ2n) is 3.36. The van der Waals surface area contributed by atoms with Crippen molar-refractivity contribution < 1.29 is 4.79 Å². The van der Waals surface area contributed by atoms with E-state index in [1.807, 2.05) is 31.2 Å². The molecule has 1 aromatic carbocycles. The van der Waals surface area contributed by atoms with Crippen LogP contribution in [0.1, 0.15) is 25.8 Å². The monoisotopic (exact) mass is 206 g/mol. The highest BCUT2D eigenvalue weighted by molar-refractivity contribution is 5.75. The minimum absolute atomic E-state index is 0.0887. The van der Waals surface area contributed by atoms with E-state index in [-0.39, 0.29) is 5.91 Å². The molecule has 0 fully saturated rings. The van der Waals surface area contributed by atoms with Crippen LogP contribution in [0.5, 0.6) is 0 Å². The maximum Gasteiger partial charge on any atom is 0.219 e. The van der Waals surface area contributed by atoms with Gasteiger partial charge in [-0.05, 0) is 24.6 Å². The van der Waals surface area contributed by atoms with E-state index in [0.29, 0.717) is 13.0 Å². The van der Waals surface area contributed by atoms with Gasteiger partial charge in [0.25, 0.3) is 0 Å². The Morgan fingerprint density at radius 3 is 2.40 bits per heavy atom. The van der Waals surface area contributed by atoms with Gasteiger partial charge in [0.15, 0.2) is 0 Å². The number of nitrogens with one attached hydrogen (secondary N) is 2. The lowest BCUT2D eigenvalue weighted by molar-refractivity contribution is -0.120. The molecule has 0 radical (unpaired) electrons. The average molecular weight is 206 g/mol. The molecule has 15 heavy (non-hydrogen) atoms. The molecule has 0 aliphatic rings. The van der Waals surface area contributed by atoms with Gasteiger partial charge in [-0.2, -0.15) is 0 Å². The lowest BCUT2D eigenvalue weighted by Gasteiger charge is -2.06. The molecule has 0 bridgehead atoms. The normalized spacial score (nSPS) is 9.73. The summed E-state index contributed by atoms with van der Waals surface area (Å²) in [6.45, 7) is 5.45. The van der Waals surface area contributed by atoms with Gasteiger partial charge >= 0.3 is 0 Å². The molecule has 1 amide bonds. The lowest BCUT2D eigenvalue weighted by atomic mass is 10.2. The average Bonchev–Trinajstić information content (AvgIpc) is 2.28. The van der Waals surface area contributed by atoms with Gasteiger partial charge in [0.1, 0.15) is 0 Å². The van der Waals surface area contributed by atoms with Crippen LogP contribution in [-0.2, 0) is 11.3 Å². The first-order chi connectivity index (χ1) is 7.26. The fourth-order valence-electron chi connectivity index (χ4n) is 1.27. The smallest absolute Gasteiger partial charge is 0.219 e. The van der Waals surface area contributed by atoms with Crippen molar-refractivity contribution in [1.82, 2.24) is 5.32 Å². The number of amides is 1. The number of carbonyl (C=O) groups is 1. The minimum Gasteiger partial charge on any atom is -0.385 e. The maximum absolute atomic E-state index is 11.0. The number of rotatable bonds is 5. The fourth-order valence-corrected chi connectivity index (χ4v) is 1.27. The zero-order valence-corrected chi connectivity index (χ0v) is 9.34. The van der Waals surface area contributed by atoms with Crippen LogP contribution >= 0.6 is 0 Å². The van der Waals surface area contributed by atoms with E-state index in [2.05, 4.69) is 17.6 Å². The van der Waals surface area contributed by atoms with E-state index in [4.69, 9.17) is 0 Å². The summed E-state index contributed by atoms with van der Waals surface area (Å²) in [5.41, 5.74) is 2.24. The first-order valence-corrected chi connectivity index (χ1v) is 5.35. The second-order valence-corrected chi connectivity index (χ2v) is 3.36. The Kier molecular flexibility index (Phi) is 4.68. The standard InChI is InChI=1S/C12H18N2O/c1-3-12(15)14-9-10-5-7-11(8-6-10)13-4-2/h5-8,13H,3-4,9H2,1-2H3,(H,14,15). The molecule has 0 aliphatic carbocycles. The highest BCUT2D eigenvalue weighted by Crippen LogP contribution is 2.08. The number of anilines is 1. The third kappa shape index (κ3) is 4.02. The second kappa shape index (κ2) is 6.06. The van der Waals surface area contributed by atoms with Gasteiger partial charge in [-0.25, -0.2) is 0 Å². The quantitative estimate of drug-likeness (QED) is 0.775. The summed E-state index contributed by atoms with van der Waals surface area (Å²) >= 11 is 0. The Morgan fingerprint density at radius 2 is 1.87 bits per heavy atom. The Balaban J connectivity index is 2.45. The first kappa shape index (κ1) is 11.6. The van der Waals surface area contributed by atoms with Crippen LogP contribution in [-0.4, -0.2) is 12.5 Å². The van der Waals surface area contributed by atoms with Crippen molar-refractivity contribution in [2.24, 2.45) is 0 Å². The molecule has 0 aromatic heterocycles. The highest BCUT2D eigenvalue weighted by Gasteiger charge is 1.97. The van der Waals surface area contributed by atoms with Crippen molar-refractivity contribution in [3.63, 3.8) is 0 Å². The Hall–Kier alpha value is -1.51. The predicted molar refractivity (Wildman–Crippen MR) is 62.7 cm³/mol. The van der Waals surface area contributed by atoms with Crippen LogP contribution in [0.25, 0.3) is 0 Å². The molecule has 0 saturated heterocycles. The number of benzene rings is 1. The van der Waals surface area contributed by atoms with E-state index in [9.17, 15) is 4.79 Å². The van der Waals surface area contributed by atoms with Crippen molar-refractivity contribution >= 4 is 11.6 Å². The summed E-state index contributed by atoms with van der Waals surface area (Å²) in [5.74, 6) is 0.0887. The SMILES string of the molecule is CCNc1ccc(CNC(=O)CC)cc1.